The summed E-state index contributed by atoms with van der Waals surface area (Å²) in [5.74, 6) is 0.345. The minimum Gasteiger partial charge on any atom is -0.481 e. The van der Waals surface area contributed by atoms with Crippen molar-refractivity contribution in [2.24, 2.45) is 5.92 Å². The van der Waals surface area contributed by atoms with Crippen LogP contribution in [-0.2, 0) is 17.8 Å². The molecule has 1 saturated heterocycles. The van der Waals surface area contributed by atoms with E-state index in [1.165, 1.54) is 0 Å². The van der Waals surface area contributed by atoms with Gasteiger partial charge in [0.2, 0.25) is 11.7 Å². The van der Waals surface area contributed by atoms with Crippen molar-refractivity contribution >= 4 is 5.97 Å². The van der Waals surface area contributed by atoms with Gasteiger partial charge in [0.25, 0.3) is 0 Å². The van der Waals surface area contributed by atoms with E-state index in [9.17, 15) is 4.79 Å². The van der Waals surface area contributed by atoms with E-state index in [1.807, 2.05) is 24.3 Å². The van der Waals surface area contributed by atoms with Crippen molar-refractivity contribution < 1.29 is 14.4 Å². The third kappa shape index (κ3) is 3.82. The van der Waals surface area contributed by atoms with Gasteiger partial charge in [0.1, 0.15) is 0 Å². The smallest absolute Gasteiger partial charge is 0.309 e. The van der Waals surface area contributed by atoms with Crippen LogP contribution >= 0.6 is 0 Å². The predicted octanol–water partition coefficient (Wildman–Crippen LogP) is 2.99. The number of hydrogen-bond acceptors (Lipinski definition) is 5. The average molecular weight is 329 g/mol. The van der Waals surface area contributed by atoms with Gasteiger partial charge >= 0.3 is 5.97 Å². The largest absolute Gasteiger partial charge is 0.481 e. The molecule has 0 saturated carbocycles. The van der Waals surface area contributed by atoms with Crippen LogP contribution in [0.2, 0.25) is 0 Å². The number of aliphatic carboxylic acids is 1. The lowest BCUT2D eigenvalue weighted by atomic mass is 9.98. The molecule has 3 rings (SSSR count). The Kier molecular flexibility index (Phi) is 5.25. The molecule has 1 aromatic heterocycles. The number of benzene rings is 1. The maximum atomic E-state index is 10.9. The molecular weight excluding hydrogens is 306 g/mol. The zero-order chi connectivity index (χ0) is 16.9. The summed E-state index contributed by atoms with van der Waals surface area (Å²) in [4.78, 5) is 17.6. The molecule has 6 heteroatoms. The highest BCUT2D eigenvalue weighted by atomic mass is 16.5. The molecule has 0 atom stereocenters. The molecule has 24 heavy (non-hydrogen) atoms. The first-order valence-electron chi connectivity index (χ1n) is 8.53. The molecule has 1 N–H and O–H groups in total. The Bertz CT molecular complexity index is 692. The third-order valence-corrected chi connectivity index (χ3v) is 4.42. The lowest BCUT2D eigenvalue weighted by Crippen LogP contribution is -2.49. The summed E-state index contributed by atoms with van der Waals surface area (Å²) in [5, 5.41) is 13.1. The zero-order valence-corrected chi connectivity index (χ0v) is 13.9. The van der Waals surface area contributed by atoms with Crippen LogP contribution in [0.5, 0.6) is 0 Å². The molecular formula is C18H23N3O3. The fourth-order valence-electron chi connectivity index (χ4n) is 2.96. The predicted molar refractivity (Wildman–Crippen MR) is 89.4 cm³/mol. The van der Waals surface area contributed by atoms with Crippen molar-refractivity contribution in [3.05, 3.63) is 35.7 Å². The number of nitrogens with zero attached hydrogens (tertiary/aromatic N) is 3. The van der Waals surface area contributed by atoms with Gasteiger partial charge in [-0.1, -0.05) is 49.2 Å². The number of hydrogen-bond donors (Lipinski definition) is 1. The first-order valence-corrected chi connectivity index (χ1v) is 8.53. The molecule has 0 spiro atoms. The van der Waals surface area contributed by atoms with Crippen LogP contribution in [-0.4, -0.2) is 39.2 Å². The highest BCUT2D eigenvalue weighted by molar-refractivity contribution is 5.71. The van der Waals surface area contributed by atoms with Crippen LogP contribution in [0.1, 0.15) is 37.6 Å². The molecule has 0 bridgehead atoms. The van der Waals surface area contributed by atoms with Crippen molar-refractivity contribution in [3.63, 3.8) is 0 Å². The maximum absolute atomic E-state index is 10.9. The Balaban J connectivity index is 1.67. The molecule has 0 aliphatic carbocycles. The number of carboxylic acids is 1. The molecule has 1 aliphatic rings. The molecule has 1 aliphatic heterocycles. The number of carbonyl (C=O) groups is 1. The SMILES string of the molecule is CCCCCc1nc(-c2ccccc2CN2CC(C(=O)O)C2)no1. The van der Waals surface area contributed by atoms with Crippen molar-refractivity contribution in [2.75, 3.05) is 13.1 Å². The second-order valence-electron chi connectivity index (χ2n) is 6.36. The van der Waals surface area contributed by atoms with Gasteiger partial charge in [-0.3, -0.25) is 9.69 Å². The number of rotatable bonds is 8. The number of carboxylic acid groups (broad SMARTS) is 1. The van der Waals surface area contributed by atoms with Gasteiger partial charge in [0.15, 0.2) is 0 Å². The van der Waals surface area contributed by atoms with E-state index in [0.717, 1.165) is 36.8 Å². The van der Waals surface area contributed by atoms with Gasteiger partial charge in [-0.15, -0.1) is 0 Å². The summed E-state index contributed by atoms with van der Waals surface area (Å²) in [6.07, 6.45) is 4.20. The molecule has 2 heterocycles. The van der Waals surface area contributed by atoms with Crippen LogP contribution < -0.4 is 0 Å². The summed E-state index contributed by atoms with van der Waals surface area (Å²) in [7, 11) is 0. The molecule has 0 radical (unpaired) electrons. The van der Waals surface area contributed by atoms with E-state index in [2.05, 4.69) is 22.0 Å². The lowest BCUT2D eigenvalue weighted by molar-refractivity contribution is -0.147. The van der Waals surface area contributed by atoms with Crippen molar-refractivity contribution in [2.45, 2.75) is 39.2 Å². The van der Waals surface area contributed by atoms with Gasteiger partial charge in [-0.2, -0.15) is 4.98 Å². The van der Waals surface area contributed by atoms with E-state index in [4.69, 9.17) is 9.63 Å². The molecule has 128 valence electrons. The van der Waals surface area contributed by atoms with Crippen molar-refractivity contribution in [3.8, 4) is 11.4 Å². The Morgan fingerprint density at radius 2 is 2.12 bits per heavy atom. The number of unbranched alkanes of at least 4 members (excludes halogenated alkanes) is 2. The van der Waals surface area contributed by atoms with E-state index < -0.39 is 5.97 Å². The van der Waals surface area contributed by atoms with Gasteiger partial charge in [0.05, 0.1) is 5.92 Å². The molecule has 0 amide bonds. The minimum absolute atomic E-state index is 0.243. The summed E-state index contributed by atoms with van der Waals surface area (Å²) < 4.78 is 5.36. The fraction of sp³-hybridized carbons (Fsp3) is 0.500. The van der Waals surface area contributed by atoms with Crippen LogP contribution in [0.4, 0.5) is 0 Å². The van der Waals surface area contributed by atoms with Gasteiger partial charge in [-0.25, -0.2) is 0 Å². The molecule has 6 nitrogen and oxygen atoms in total. The van der Waals surface area contributed by atoms with Gasteiger partial charge in [-0.05, 0) is 12.0 Å². The van der Waals surface area contributed by atoms with E-state index in [1.54, 1.807) is 0 Å². The first-order chi connectivity index (χ1) is 11.7. The van der Waals surface area contributed by atoms with Crippen LogP contribution in [0.25, 0.3) is 11.4 Å². The molecule has 1 fully saturated rings. The number of aryl methyl sites for hydroxylation is 1. The van der Waals surface area contributed by atoms with Crippen molar-refractivity contribution in [1.82, 2.24) is 15.0 Å². The molecule has 1 aromatic carbocycles. The molecule has 2 aromatic rings. The second kappa shape index (κ2) is 7.57. The highest BCUT2D eigenvalue weighted by Crippen LogP contribution is 2.25. The Labute approximate surface area is 141 Å². The summed E-state index contributed by atoms with van der Waals surface area (Å²) >= 11 is 0. The van der Waals surface area contributed by atoms with Gasteiger partial charge in [0, 0.05) is 31.6 Å². The normalized spacial score (nSPS) is 15.4. The third-order valence-electron chi connectivity index (χ3n) is 4.42. The lowest BCUT2D eigenvalue weighted by Gasteiger charge is -2.36. The maximum Gasteiger partial charge on any atom is 0.309 e. The van der Waals surface area contributed by atoms with Crippen LogP contribution in [0, 0.1) is 5.92 Å². The average Bonchev–Trinajstić information content (AvgIpc) is 2.99. The Morgan fingerprint density at radius 3 is 2.88 bits per heavy atom. The second-order valence-corrected chi connectivity index (χ2v) is 6.36. The first kappa shape index (κ1) is 16.6. The number of likely N-dealkylation sites (tertiary alicyclic amines) is 1. The monoisotopic (exact) mass is 329 g/mol. The molecule has 0 unspecified atom stereocenters. The quantitative estimate of drug-likeness (QED) is 0.750. The summed E-state index contributed by atoms with van der Waals surface area (Å²) in [5.41, 5.74) is 2.06. The Morgan fingerprint density at radius 1 is 1.33 bits per heavy atom. The van der Waals surface area contributed by atoms with Crippen LogP contribution in [0.15, 0.2) is 28.8 Å². The van der Waals surface area contributed by atoms with E-state index in [-0.39, 0.29) is 5.92 Å². The highest BCUT2D eigenvalue weighted by Gasteiger charge is 2.32. The summed E-state index contributed by atoms with van der Waals surface area (Å²) in [6.45, 7) is 4.07. The summed E-state index contributed by atoms with van der Waals surface area (Å²) in [6, 6.07) is 7.97. The van der Waals surface area contributed by atoms with E-state index >= 15 is 0 Å². The topological polar surface area (TPSA) is 79.5 Å². The van der Waals surface area contributed by atoms with Crippen molar-refractivity contribution in [1.29, 1.82) is 0 Å². The van der Waals surface area contributed by atoms with E-state index in [0.29, 0.717) is 31.3 Å². The minimum atomic E-state index is -0.713. The standard InChI is InChI=1S/C18H23N3O3/c1-2-3-4-9-16-19-17(20-24-16)15-8-6-5-7-13(15)10-21-11-14(12-21)18(22)23/h5-8,14H,2-4,9-12H2,1H3,(H,22,23). The van der Waals surface area contributed by atoms with Gasteiger partial charge < -0.3 is 9.63 Å². The fourth-order valence-corrected chi connectivity index (χ4v) is 2.96. The Hall–Kier alpha value is -2.21. The number of aromatic nitrogens is 2. The zero-order valence-electron chi connectivity index (χ0n) is 13.9. The van der Waals surface area contributed by atoms with Crippen LogP contribution in [0.3, 0.4) is 0 Å².